The van der Waals surface area contributed by atoms with Gasteiger partial charge in [-0.2, -0.15) is 5.10 Å². The van der Waals surface area contributed by atoms with Crippen LogP contribution in [0.1, 0.15) is 49.7 Å². The van der Waals surface area contributed by atoms with Crippen LogP contribution >= 0.6 is 23.4 Å². The number of hydrogen-bond acceptors (Lipinski definition) is 5. The van der Waals surface area contributed by atoms with Gasteiger partial charge in [0.05, 0.1) is 17.4 Å². The summed E-state index contributed by atoms with van der Waals surface area (Å²) in [5, 5.41) is 8.23. The first kappa shape index (κ1) is 22.1. The molecule has 1 fully saturated rings. The molecular formula is C27H27ClN4OS. The van der Waals surface area contributed by atoms with Gasteiger partial charge in [-0.05, 0) is 79.6 Å². The highest BCUT2D eigenvalue weighted by atomic mass is 35.5. The predicted molar refractivity (Wildman–Crippen MR) is 137 cm³/mol. The van der Waals surface area contributed by atoms with Gasteiger partial charge in [0.1, 0.15) is 11.0 Å². The topological polar surface area (TPSA) is 52.8 Å². The zero-order valence-electron chi connectivity index (χ0n) is 19.4. The molecule has 7 heteroatoms. The van der Waals surface area contributed by atoms with Crippen molar-refractivity contribution in [3.8, 4) is 11.4 Å². The minimum Gasteiger partial charge on any atom is -0.375 e. The van der Waals surface area contributed by atoms with Crippen molar-refractivity contribution in [3.05, 3.63) is 70.8 Å². The van der Waals surface area contributed by atoms with Crippen molar-refractivity contribution in [3.63, 3.8) is 0 Å². The predicted octanol–water partition coefficient (Wildman–Crippen LogP) is 6.67. The van der Waals surface area contributed by atoms with Gasteiger partial charge in [-0.1, -0.05) is 35.9 Å². The van der Waals surface area contributed by atoms with E-state index in [2.05, 4.69) is 53.8 Å². The molecule has 5 nitrogen and oxygen atoms in total. The van der Waals surface area contributed by atoms with E-state index in [9.17, 15) is 0 Å². The lowest BCUT2D eigenvalue weighted by atomic mass is 9.94. The summed E-state index contributed by atoms with van der Waals surface area (Å²) in [6.07, 6.45) is 5.84. The second kappa shape index (κ2) is 8.67. The third-order valence-electron chi connectivity index (χ3n) is 6.90. The second-order valence-electron chi connectivity index (χ2n) is 9.77. The highest BCUT2D eigenvalue weighted by Gasteiger charge is 2.32. The number of aryl methyl sites for hydroxylation is 2. The molecule has 1 saturated heterocycles. The molecule has 2 aliphatic rings. The molecule has 0 spiro atoms. The SMILES string of the molecule is CC1(C)CC(n2nc(-c3ccnc(Cl)c3)nc2CSc2ccc3c4c(cccc24)CC3)CCO1. The molecule has 1 unspecified atom stereocenters. The van der Waals surface area contributed by atoms with Gasteiger partial charge in [0, 0.05) is 23.3 Å². The minimum absolute atomic E-state index is 0.170. The molecule has 0 amide bonds. The number of benzene rings is 2. The summed E-state index contributed by atoms with van der Waals surface area (Å²) in [7, 11) is 0. The molecule has 2 aromatic heterocycles. The van der Waals surface area contributed by atoms with E-state index in [1.807, 2.05) is 23.9 Å². The average molecular weight is 491 g/mol. The van der Waals surface area contributed by atoms with Crippen molar-refractivity contribution in [2.24, 2.45) is 0 Å². The first-order valence-corrected chi connectivity index (χ1v) is 13.2. The van der Waals surface area contributed by atoms with Gasteiger partial charge in [-0.15, -0.1) is 11.8 Å². The monoisotopic (exact) mass is 490 g/mol. The van der Waals surface area contributed by atoms with Gasteiger partial charge in [-0.25, -0.2) is 14.6 Å². The minimum atomic E-state index is -0.170. The van der Waals surface area contributed by atoms with Gasteiger partial charge in [0.15, 0.2) is 5.82 Å². The van der Waals surface area contributed by atoms with Gasteiger partial charge in [0.2, 0.25) is 0 Å². The first-order valence-electron chi connectivity index (χ1n) is 11.8. The van der Waals surface area contributed by atoms with Crippen LogP contribution in [0.15, 0.2) is 53.6 Å². The number of aromatic nitrogens is 4. The molecule has 1 aliphatic carbocycles. The lowest BCUT2D eigenvalue weighted by Crippen LogP contribution is -2.35. The molecule has 34 heavy (non-hydrogen) atoms. The van der Waals surface area contributed by atoms with Crippen LogP contribution in [0.25, 0.3) is 22.2 Å². The van der Waals surface area contributed by atoms with Crippen molar-refractivity contribution in [2.45, 2.75) is 61.8 Å². The van der Waals surface area contributed by atoms with Gasteiger partial charge >= 0.3 is 0 Å². The molecule has 2 aromatic carbocycles. The van der Waals surface area contributed by atoms with E-state index in [0.717, 1.165) is 49.4 Å². The van der Waals surface area contributed by atoms with Crippen LogP contribution in [0.5, 0.6) is 0 Å². The standard InChI is InChI=1S/C27H27ClN4OS/c1-27(2)15-20(11-13-33-27)32-24(30-26(31-32)19-10-12-29-23(28)14-19)16-34-22-9-8-18-7-6-17-4-3-5-21(22)25(17)18/h3-5,8-10,12,14,20H,6-7,11,13,15-16H2,1-2H3. The van der Waals surface area contributed by atoms with Crippen molar-refractivity contribution >= 4 is 34.1 Å². The summed E-state index contributed by atoms with van der Waals surface area (Å²) in [4.78, 5) is 10.4. The van der Waals surface area contributed by atoms with Crippen LogP contribution in [0, 0.1) is 0 Å². The van der Waals surface area contributed by atoms with Crippen LogP contribution in [0.3, 0.4) is 0 Å². The van der Waals surface area contributed by atoms with Crippen LogP contribution in [0.4, 0.5) is 0 Å². The lowest BCUT2D eigenvalue weighted by molar-refractivity contribution is -0.0711. The van der Waals surface area contributed by atoms with Crippen molar-refractivity contribution < 1.29 is 4.74 Å². The Balaban J connectivity index is 1.36. The highest BCUT2D eigenvalue weighted by Crippen LogP contribution is 2.39. The zero-order valence-corrected chi connectivity index (χ0v) is 21.0. The quantitative estimate of drug-likeness (QED) is 0.231. The summed E-state index contributed by atoms with van der Waals surface area (Å²) in [5.41, 5.74) is 3.66. The van der Waals surface area contributed by atoms with Crippen molar-refractivity contribution in [2.75, 3.05) is 6.61 Å². The molecule has 0 bridgehead atoms. The van der Waals surface area contributed by atoms with Crippen molar-refractivity contribution in [1.29, 1.82) is 0 Å². The molecule has 0 N–H and O–H groups in total. The Morgan fingerprint density at radius 3 is 2.82 bits per heavy atom. The van der Waals surface area contributed by atoms with Crippen molar-refractivity contribution in [1.82, 2.24) is 19.7 Å². The number of hydrogen-bond donors (Lipinski definition) is 0. The average Bonchev–Trinajstić information content (AvgIpc) is 3.44. The number of pyridine rings is 1. The van der Waals surface area contributed by atoms with Crippen LogP contribution in [-0.2, 0) is 23.3 Å². The van der Waals surface area contributed by atoms with Gasteiger partial charge in [-0.3, -0.25) is 0 Å². The fraction of sp³-hybridized carbons (Fsp3) is 0.370. The van der Waals surface area contributed by atoms with E-state index in [-0.39, 0.29) is 11.6 Å². The Kier molecular flexibility index (Phi) is 5.63. The molecule has 1 atom stereocenters. The lowest BCUT2D eigenvalue weighted by Gasteiger charge is -2.35. The number of halogens is 1. The maximum absolute atomic E-state index is 6.16. The van der Waals surface area contributed by atoms with E-state index in [1.54, 1.807) is 6.20 Å². The van der Waals surface area contributed by atoms with Gasteiger partial charge in [0.25, 0.3) is 0 Å². The third kappa shape index (κ3) is 4.12. The summed E-state index contributed by atoms with van der Waals surface area (Å²) in [6, 6.07) is 15.3. The summed E-state index contributed by atoms with van der Waals surface area (Å²) in [5.74, 6) is 2.44. The largest absolute Gasteiger partial charge is 0.375 e. The van der Waals surface area contributed by atoms with Crippen LogP contribution in [0.2, 0.25) is 5.15 Å². The number of rotatable bonds is 5. The smallest absolute Gasteiger partial charge is 0.181 e. The Morgan fingerprint density at radius 2 is 2.00 bits per heavy atom. The van der Waals surface area contributed by atoms with Crippen LogP contribution in [-0.4, -0.2) is 32.0 Å². The maximum atomic E-state index is 6.16. The molecule has 4 aromatic rings. The van der Waals surface area contributed by atoms with E-state index in [1.165, 1.54) is 26.8 Å². The molecule has 1 aliphatic heterocycles. The highest BCUT2D eigenvalue weighted by molar-refractivity contribution is 7.98. The number of ether oxygens (including phenoxy) is 1. The Hall–Kier alpha value is -2.41. The molecular weight excluding hydrogens is 464 g/mol. The summed E-state index contributed by atoms with van der Waals surface area (Å²) < 4.78 is 8.12. The van der Waals surface area contributed by atoms with Gasteiger partial charge < -0.3 is 4.74 Å². The van der Waals surface area contributed by atoms with E-state index >= 15 is 0 Å². The fourth-order valence-electron chi connectivity index (χ4n) is 5.31. The molecule has 6 rings (SSSR count). The Morgan fingerprint density at radius 1 is 1.15 bits per heavy atom. The number of nitrogens with zero attached hydrogens (tertiary/aromatic N) is 4. The fourth-order valence-corrected chi connectivity index (χ4v) is 6.45. The van der Waals surface area contributed by atoms with E-state index < -0.39 is 0 Å². The molecule has 0 radical (unpaired) electrons. The third-order valence-corrected chi connectivity index (χ3v) is 8.17. The van der Waals surface area contributed by atoms with E-state index in [4.69, 9.17) is 26.4 Å². The normalized spacial score (nSPS) is 19.1. The zero-order chi connectivity index (χ0) is 23.3. The summed E-state index contributed by atoms with van der Waals surface area (Å²) >= 11 is 8.01. The molecule has 3 heterocycles. The molecule has 174 valence electrons. The Bertz CT molecular complexity index is 1370. The first-order chi connectivity index (χ1) is 16.5. The maximum Gasteiger partial charge on any atom is 0.181 e. The van der Waals surface area contributed by atoms with E-state index in [0.29, 0.717) is 11.0 Å². The molecule has 0 saturated carbocycles. The number of thioether (sulfide) groups is 1. The Labute approximate surface area is 208 Å². The second-order valence-corrected chi connectivity index (χ2v) is 11.2. The summed E-state index contributed by atoms with van der Waals surface area (Å²) in [6.45, 7) is 5.04. The van der Waals surface area contributed by atoms with Crippen LogP contribution < -0.4 is 0 Å².